The smallest absolute Gasteiger partial charge is 0.410 e. The predicted molar refractivity (Wildman–Crippen MR) is 127 cm³/mol. The third kappa shape index (κ3) is 7.25. The summed E-state index contributed by atoms with van der Waals surface area (Å²) in [7, 11) is 0. The highest BCUT2D eigenvalue weighted by molar-refractivity contribution is 6.28. The van der Waals surface area contributed by atoms with Crippen LogP contribution in [0.1, 0.15) is 41.5 Å². The fraction of sp³-hybridized carbons (Fsp3) is 0.727. The summed E-state index contributed by atoms with van der Waals surface area (Å²) in [5, 5.41) is 0.173. The fourth-order valence-electron chi connectivity index (χ4n) is 3.61. The van der Waals surface area contributed by atoms with Crippen LogP contribution in [0.4, 0.5) is 21.2 Å². The van der Waals surface area contributed by atoms with Gasteiger partial charge in [-0.3, -0.25) is 0 Å². The summed E-state index contributed by atoms with van der Waals surface area (Å²) in [5.41, 5.74) is -1.03. The molecule has 0 bridgehead atoms. The van der Waals surface area contributed by atoms with Gasteiger partial charge in [-0.2, -0.15) is 0 Å². The van der Waals surface area contributed by atoms with Crippen LogP contribution >= 0.6 is 11.6 Å². The molecule has 2 aliphatic heterocycles. The van der Waals surface area contributed by atoms with E-state index in [9.17, 15) is 9.59 Å². The number of carbonyl (C=O) groups is 2. The molecule has 0 N–H and O–H groups in total. The summed E-state index contributed by atoms with van der Waals surface area (Å²) < 4.78 is 10.9. The summed E-state index contributed by atoms with van der Waals surface area (Å²) in [6, 6.07) is 1.91. The molecule has 11 heteroatoms. The molecule has 0 aliphatic carbocycles. The lowest BCUT2D eigenvalue weighted by molar-refractivity contribution is 0.0230. The molecule has 0 atom stereocenters. The molecule has 3 heterocycles. The molecule has 184 valence electrons. The van der Waals surface area contributed by atoms with Gasteiger partial charge in [0.1, 0.15) is 22.8 Å². The zero-order valence-corrected chi connectivity index (χ0v) is 21.2. The highest BCUT2D eigenvalue weighted by Gasteiger charge is 2.29. The number of hydrogen-bond donors (Lipinski definition) is 0. The summed E-state index contributed by atoms with van der Waals surface area (Å²) in [6.45, 7) is 15.8. The van der Waals surface area contributed by atoms with Crippen molar-refractivity contribution in [3.8, 4) is 0 Å². The van der Waals surface area contributed by atoms with Crippen LogP contribution in [0.15, 0.2) is 6.07 Å². The van der Waals surface area contributed by atoms with Crippen LogP contribution in [-0.4, -0.2) is 95.5 Å². The molecule has 2 fully saturated rings. The number of amides is 2. The van der Waals surface area contributed by atoms with Crippen LogP contribution < -0.4 is 9.80 Å². The molecule has 2 aliphatic rings. The predicted octanol–water partition coefficient (Wildman–Crippen LogP) is 3.24. The van der Waals surface area contributed by atoms with E-state index in [0.717, 1.165) is 11.6 Å². The SMILES string of the molecule is CC(C)(C)OC(=O)N1CCN(c2cc(N3CCN(C(=O)OC(C)(C)C)CC3)nc(Cl)n2)CC1. The van der Waals surface area contributed by atoms with Crippen LogP contribution in [0.25, 0.3) is 0 Å². The molecule has 0 aromatic carbocycles. The van der Waals surface area contributed by atoms with Crippen LogP contribution in [0, 0.1) is 0 Å². The Kier molecular flexibility index (Phi) is 7.45. The number of hydrogen-bond acceptors (Lipinski definition) is 8. The van der Waals surface area contributed by atoms with Crippen molar-refractivity contribution in [2.75, 3.05) is 62.2 Å². The first-order valence-electron chi connectivity index (χ1n) is 11.3. The second-order valence-corrected chi connectivity index (χ2v) is 10.6. The molecule has 2 saturated heterocycles. The Morgan fingerprint density at radius 3 is 1.36 bits per heavy atom. The molecule has 0 saturated carbocycles. The minimum absolute atomic E-state index is 0.173. The van der Waals surface area contributed by atoms with Gasteiger partial charge in [0, 0.05) is 58.4 Å². The number of rotatable bonds is 2. The normalized spacial score (nSPS) is 17.8. The Morgan fingerprint density at radius 1 is 0.727 bits per heavy atom. The molecule has 10 nitrogen and oxygen atoms in total. The summed E-state index contributed by atoms with van der Waals surface area (Å²) in [4.78, 5) is 41.0. The van der Waals surface area contributed by atoms with Gasteiger partial charge in [-0.05, 0) is 53.1 Å². The van der Waals surface area contributed by atoms with E-state index in [0.29, 0.717) is 52.4 Å². The van der Waals surface area contributed by atoms with Crippen molar-refractivity contribution in [3.05, 3.63) is 11.3 Å². The van der Waals surface area contributed by atoms with Crippen molar-refractivity contribution < 1.29 is 19.1 Å². The minimum atomic E-state index is -0.517. The lowest BCUT2D eigenvalue weighted by Crippen LogP contribution is -2.51. The van der Waals surface area contributed by atoms with Crippen LogP contribution in [0.3, 0.4) is 0 Å². The first-order chi connectivity index (χ1) is 15.3. The maximum Gasteiger partial charge on any atom is 0.410 e. The minimum Gasteiger partial charge on any atom is -0.444 e. The molecule has 2 amide bonds. The third-order valence-electron chi connectivity index (χ3n) is 5.18. The second kappa shape index (κ2) is 9.79. The standard InChI is InChI=1S/C22H35ClN6O4/c1-21(2,3)32-19(30)28-11-7-26(8-12-28)16-15-17(25-18(23)24-16)27-9-13-29(14-10-27)20(31)33-22(4,5)6/h15H,7-14H2,1-6H3. The average Bonchev–Trinajstić information content (AvgIpc) is 2.71. The van der Waals surface area contributed by atoms with E-state index >= 15 is 0 Å². The Balaban J connectivity index is 1.59. The maximum absolute atomic E-state index is 12.3. The number of carbonyl (C=O) groups excluding carboxylic acids is 2. The number of nitrogens with zero attached hydrogens (tertiary/aromatic N) is 6. The van der Waals surface area contributed by atoms with E-state index in [4.69, 9.17) is 21.1 Å². The van der Waals surface area contributed by atoms with Gasteiger partial charge in [-0.25, -0.2) is 19.6 Å². The number of aromatic nitrogens is 2. The monoisotopic (exact) mass is 482 g/mol. The summed E-state index contributed by atoms with van der Waals surface area (Å²) >= 11 is 6.25. The van der Waals surface area contributed by atoms with E-state index in [-0.39, 0.29) is 17.5 Å². The van der Waals surface area contributed by atoms with Gasteiger partial charge in [0.15, 0.2) is 0 Å². The number of piperazine rings is 2. The fourth-order valence-corrected chi connectivity index (χ4v) is 3.78. The van der Waals surface area contributed by atoms with Gasteiger partial charge in [-0.15, -0.1) is 0 Å². The summed E-state index contributed by atoms with van der Waals surface area (Å²) in [5.74, 6) is 1.45. The van der Waals surface area contributed by atoms with E-state index < -0.39 is 11.2 Å². The van der Waals surface area contributed by atoms with E-state index in [1.807, 2.05) is 47.6 Å². The van der Waals surface area contributed by atoms with Crippen molar-refractivity contribution >= 4 is 35.4 Å². The molecular formula is C22H35ClN6O4. The molecule has 1 aromatic heterocycles. The van der Waals surface area contributed by atoms with Crippen molar-refractivity contribution in [2.24, 2.45) is 0 Å². The Morgan fingerprint density at radius 2 is 1.06 bits per heavy atom. The van der Waals surface area contributed by atoms with Gasteiger partial charge >= 0.3 is 12.2 Å². The molecule has 0 spiro atoms. The van der Waals surface area contributed by atoms with Gasteiger partial charge in [0.05, 0.1) is 0 Å². The lowest BCUT2D eigenvalue weighted by atomic mass is 10.2. The molecule has 33 heavy (non-hydrogen) atoms. The van der Waals surface area contributed by atoms with Gasteiger partial charge in [0.2, 0.25) is 5.28 Å². The third-order valence-corrected chi connectivity index (χ3v) is 5.35. The number of halogens is 1. The van der Waals surface area contributed by atoms with Gasteiger partial charge < -0.3 is 29.1 Å². The van der Waals surface area contributed by atoms with Crippen molar-refractivity contribution in [1.82, 2.24) is 19.8 Å². The topological polar surface area (TPSA) is 91.3 Å². The van der Waals surface area contributed by atoms with Gasteiger partial charge in [-0.1, -0.05) is 0 Å². The van der Waals surface area contributed by atoms with Crippen LogP contribution in [0.5, 0.6) is 0 Å². The highest BCUT2D eigenvalue weighted by Crippen LogP contribution is 2.24. The van der Waals surface area contributed by atoms with Crippen LogP contribution in [0.2, 0.25) is 5.28 Å². The van der Waals surface area contributed by atoms with Crippen molar-refractivity contribution in [1.29, 1.82) is 0 Å². The van der Waals surface area contributed by atoms with Gasteiger partial charge in [0.25, 0.3) is 0 Å². The van der Waals surface area contributed by atoms with Crippen molar-refractivity contribution in [2.45, 2.75) is 52.7 Å². The van der Waals surface area contributed by atoms with E-state index in [1.54, 1.807) is 9.80 Å². The molecule has 1 aromatic rings. The maximum atomic E-state index is 12.3. The number of ether oxygens (including phenoxy) is 2. The zero-order valence-electron chi connectivity index (χ0n) is 20.4. The number of anilines is 2. The molecule has 0 unspecified atom stereocenters. The second-order valence-electron chi connectivity index (χ2n) is 10.3. The first-order valence-corrected chi connectivity index (χ1v) is 11.7. The Labute approximate surface area is 200 Å². The zero-order chi connectivity index (χ0) is 24.4. The molecular weight excluding hydrogens is 448 g/mol. The lowest BCUT2D eigenvalue weighted by Gasteiger charge is -2.37. The van der Waals surface area contributed by atoms with E-state index in [2.05, 4.69) is 19.8 Å². The quantitative estimate of drug-likeness (QED) is 0.593. The van der Waals surface area contributed by atoms with Crippen molar-refractivity contribution in [3.63, 3.8) is 0 Å². The first kappa shape index (κ1) is 25.1. The Bertz CT molecular complexity index is 787. The van der Waals surface area contributed by atoms with Crippen LogP contribution in [-0.2, 0) is 9.47 Å². The average molecular weight is 483 g/mol. The molecule has 3 rings (SSSR count). The highest BCUT2D eigenvalue weighted by atomic mass is 35.5. The van der Waals surface area contributed by atoms with E-state index in [1.165, 1.54) is 0 Å². The Hall–Kier alpha value is -2.49. The molecule has 0 radical (unpaired) electrons. The largest absolute Gasteiger partial charge is 0.444 e. The summed E-state index contributed by atoms with van der Waals surface area (Å²) in [6.07, 6.45) is -0.599.